The molecule has 0 aliphatic rings. The van der Waals surface area contributed by atoms with Crippen LogP contribution in [0.3, 0.4) is 0 Å². The highest BCUT2D eigenvalue weighted by Crippen LogP contribution is 2.29. The van der Waals surface area contributed by atoms with Crippen LogP contribution in [0.5, 0.6) is 5.75 Å². The van der Waals surface area contributed by atoms with Gasteiger partial charge in [0.2, 0.25) is 0 Å². The van der Waals surface area contributed by atoms with Gasteiger partial charge in [-0.05, 0) is 18.1 Å². The van der Waals surface area contributed by atoms with Crippen LogP contribution < -0.4 is 4.74 Å². The predicted octanol–water partition coefficient (Wildman–Crippen LogP) is 0.919. The molecule has 6 nitrogen and oxygen atoms in total. The first-order chi connectivity index (χ1) is 9.01. The fraction of sp³-hybridized carbons (Fsp3) is 0.385. The van der Waals surface area contributed by atoms with E-state index in [4.69, 9.17) is 9.84 Å². The van der Waals surface area contributed by atoms with Crippen molar-refractivity contribution in [1.29, 1.82) is 0 Å². The van der Waals surface area contributed by atoms with E-state index in [9.17, 15) is 14.7 Å². The van der Waals surface area contributed by atoms with Gasteiger partial charge in [0.25, 0.3) is 0 Å². The van der Waals surface area contributed by atoms with Gasteiger partial charge >= 0.3 is 11.9 Å². The fourth-order valence-electron chi connectivity index (χ4n) is 1.76. The maximum Gasteiger partial charge on any atom is 0.337 e. The number of aliphatic hydroxyl groups excluding tert-OH is 1. The van der Waals surface area contributed by atoms with Crippen LogP contribution in [0, 0.1) is 0 Å². The number of carboxylic acid groups (broad SMARTS) is 1. The van der Waals surface area contributed by atoms with Crippen LogP contribution in [0.25, 0.3) is 0 Å². The van der Waals surface area contributed by atoms with Gasteiger partial charge in [-0.1, -0.05) is 12.1 Å². The monoisotopic (exact) mass is 268 g/mol. The molecule has 0 radical (unpaired) electrons. The highest BCUT2D eigenvalue weighted by molar-refractivity contribution is 5.76. The van der Waals surface area contributed by atoms with Crippen molar-refractivity contribution in [3.05, 3.63) is 29.3 Å². The first kappa shape index (κ1) is 15.0. The number of benzene rings is 1. The number of aryl methyl sites for hydroxylation is 1. The average molecular weight is 268 g/mol. The lowest BCUT2D eigenvalue weighted by Gasteiger charge is -2.16. The Balaban J connectivity index is 3.08. The molecule has 0 amide bonds. The second-order valence-electron chi connectivity index (χ2n) is 3.85. The molecule has 0 spiro atoms. The van der Waals surface area contributed by atoms with Crippen LogP contribution in [0.4, 0.5) is 0 Å². The van der Waals surface area contributed by atoms with Gasteiger partial charge < -0.3 is 19.7 Å². The normalized spacial score (nSPS) is 11.7. The number of methoxy groups -OCH3 is 2. The van der Waals surface area contributed by atoms with Crippen molar-refractivity contribution in [2.75, 3.05) is 14.2 Å². The second kappa shape index (κ2) is 6.75. The van der Waals surface area contributed by atoms with Gasteiger partial charge in [-0.2, -0.15) is 0 Å². The lowest BCUT2D eigenvalue weighted by Crippen LogP contribution is -2.15. The molecule has 0 bridgehead atoms. The van der Waals surface area contributed by atoms with E-state index in [-0.39, 0.29) is 24.2 Å². The molecule has 1 rings (SSSR count). The standard InChI is InChI=1S/C13H16O6/c1-18-9-5-3-4-8(6-7-10(14)19-2)11(9)12(15)13(16)17/h3-5,12,15H,6-7H2,1-2H3,(H,16,17). The summed E-state index contributed by atoms with van der Waals surface area (Å²) in [5, 5.41) is 18.6. The Labute approximate surface area is 110 Å². The third-order valence-corrected chi connectivity index (χ3v) is 2.71. The Hall–Kier alpha value is -2.08. The van der Waals surface area contributed by atoms with Gasteiger partial charge in [0.1, 0.15) is 5.75 Å². The Morgan fingerprint density at radius 3 is 2.53 bits per heavy atom. The Kier molecular flexibility index (Phi) is 5.32. The van der Waals surface area contributed by atoms with Crippen LogP contribution in [0.15, 0.2) is 18.2 Å². The van der Waals surface area contributed by atoms with Gasteiger partial charge in [0.15, 0.2) is 6.10 Å². The number of aliphatic carboxylic acids is 1. The minimum atomic E-state index is -1.69. The molecule has 0 heterocycles. The van der Waals surface area contributed by atoms with Crippen molar-refractivity contribution in [1.82, 2.24) is 0 Å². The van der Waals surface area contributed by atoms with Crippen LogP contribution in [-0.4, -0.2) is 36.4 Å². The molecule has 0 aliphatic heterocycles. The van der Waals surface area contributed by atoms with E-state index in [2.05, 4.69) is 4.74 Å². The van der Waals surface area contributed by atoms with Gasteiger partial charge in [-0.3, -0.25) is 4.79 Å². The summed E-state index contributed by atoms with van der Waals surface area (Å²) < 4.78 is 9.58. The quantitative estimate of drug-likeness (QED) is 0.745. The van der Waals surface area contributed by atoms with Crippen LogP contribution in [0.1, 0.15) is 23.7 Å². The Bertz CT molecular complexity index is 468. The van der Waals surface area contributed by atoms with Crippen molar-refractivity contribution in [3.8, 4) is 5.75 Å². The maximum absolute atomic E-state index is 11.1. The summed E-state index contributed by atoms with van der Waals surface area (Å²) in [5.41, 5.74) is 0.709. The van der Waals surface area contributed by atoms with Crippen LogP contribution in [-0.2, 0) is 20.7 Å². The number of hydrogen-bond acceptors (Lipinski definition) is 5. The zero-order valence-corrected chi connectivity index (χ0v) is 10.8. The molecule has 1 atom stereocenters. The van der Waals surface area contributed by atoms with E-state index in [0.717, 1.165) is 0 Å². The van der Waals surface area contributed by atoms with E-state index in [1.807, 2.05) is 0 Å². The molecule has 1 aromatic rings. The van der Waals surface area contributed by atoms with Gasteiger partial charge in [0.05, 0.1) is 14.2 Å². The highest BCUT2D eigenvalue weighted by Gasteiger charge is 2.23. The molecule has 104 valence electrons. The minimum Gasteiger partial charge on any atom is -0.496 e. The summed E-state index contributed by atoms with van der Waals surface area (Å²) in [5.74, 6) is -1.50. The fourth-order valence-corrected chi connectivity index (χ4v) is 1.76. The van der Waals surface area contributed by atoms with Crippen molar-refractivity contribution < 1.29 is 29.3 Å². The summed E-state index contributed by atoms with van der Waals surface area (Å²) in [6.07, 6.45) is -1.32. The molecule has 0 saturated heterocycles. The molecule has 0 aromatic heterocycles. The lowest BCUT2D eigenvalue weighted by atomic mass is 9.97. The second-order valence-corrected chi connectivity index (χ2v) is 3.85. The molecule has 19 heavy (non-hydrogen) atoms. The molecule has 6 heteroatoms. The van der Waals surface area contributed by atoms with E-state index >= 15 is 0 Å². The molecular weight excluding hydrogens is 252 g/mol. The SMILES string of the molecule is COC(=O)CCc1cccc(OC)c1C(O)C(=O)O. The third-order valence-electron chi connectivity index (χ3n) is 2.71. The lowest BCUT2D eigenvalue weighted by molar-refractivity contribution is -0.147. The summed E-state index contributed by atoms with van der Waals surface area (Å²) in [6, 6.07) is 4.87. The summed E-state index contributed by atoms with van der Waals surface area (Å²) in [4.78, 5) is 22.0. The molecule has 1 unspecified atom stereocenters. The molecule has 0 aliphatic carbocycles. The zero-order chi connectivity index (χ0) is 14.4. The maximum atomic E-state index is 11.1. The number of hydrogen-bond donors (Lipinski definition) is 2. The van der Waals surface area contributed by atoms with E-state index < -0.39 is 18.0 Å². The number of ether oxygens (including phenoxy) is 2. The summed E-state index contributed by atoms with van der Waals surface area (Å²) in [7, 11) is 2.67. The number of carbonyl (C=O) groups is 2. The number of carbonyl (C=O) groups excluding carboxylic acids is 1. The van der Waals surface area contributed by atoms with Crippen LogP contribution in [0.2, 0.25) is 0 Å². The topological polar surface area (TPSA) is 93.1 Å². The van der Waals surface area contributed by atoms with Gasteiger partial charge in [-0.25, -0.2) is 4.79 Å². The van der Waals surface area contributed by atoms with E-state index in [1.54, 1.807) is 18.2 Å². The summed E-state index contributed by atoms with van der Waals surface area (Å²) >= 11 is 0. The number of esters is 1. The molecule has 0 fully saturated rings. The van der Waals surface area contributed by atoms with E-state index in [0.29, 0.717) is 5.56 Å². The molecule has 0 saturated carbocycles. The molecular formula is C13H16O6. The molecule has 2 N–H and O–H groups in total. The first-order valence-corrected chi connectivity index (χ1v) is 5.64. The zero-order valence-electron chi connectivity index (χ0n) is 10.8. The van der Waals surface area contributed by atoms with Crippen LogP contribution >= 0.6 is 0 Å². The molecule has 1 aromatic carbocycles. The average Bonchev–Trinajstić information content (AvgIpc) is 2.43. The van der Waals surface area contributed by atoms with Crippen molar-refractivity contribution >= 4 is 11.9 Å². The number of carboxylic acids is 1. The highest BCUT2D eigenvalue weighted by atomic mass is 16.5. The van der Waals surface area contributed by atoms with Gasteiger partial charge in [0, 0.05) is 12.0 Å². The first-order valence-electron chi connectivity index (χ1n) is 5.64. The summed E-state index contributed by atoms with van der Waals surface area (Å²) in [6.45, 7) is 0. The third kappa shape index (κ3) is 3.69. The number of aliphatic hydroxyl groups is 1. The van der Waals surface area contributed by atoms with Crippen molar-refractivity contribution in [2.24, 2.45) is 0 Å². The van der Waals surface area contributed by atoms with Crippen molar-refractivity contribution in [2.45, 2.75) is 18.9 Å². The Morgan fingerprint density at radius 1 is 1.32 bits per heavy atom. The predicted molar refractivity (Wildman–Crippen MR) is 65.9 cm³/mol. The van der Waals surface area contributed by atoms with Gasteiger partial charge in [-0.15, -0.1) is 0 Å². The van der Waals surface area contributed by atoms with E-state index in [1.165, 1.54) is 14.2 Å². The smallest absolute Gasteiger partial charge is 0.337 e. The number of rotatable bonds is 6. The largest absolute Gasteiger partial charge is 0.496 e. The Morgan fingerprint density at radius 2 is 2.00 bits per heavy atom. The minimum absolute atomic E-state index is 0.100. The van der Waals surface area contributed by atoms with Crippen molar-refractivity contribution in [3.63, 3.8) is 0 Å².